The molecule has 0 amide bonds. The monoisotopic (exact) mass is 422 g/mol. The van der Waals surface area contributed by atoms with Crippen LogP contribution in [0.4, 0.5) is 0 Å². The maximum atomic E-state index is 4.34. The van der Waals surface area contributed by atoms with Gasteiger partial charge in [-0.3, -0.25) is 0 Å². The van der Waals surface area contributed by atoms with E-state index < -0.39 is 0 Å². The smallest absolute Gasteiger partial charge is 0.107 e. The second-order valence-electron chi connectivity index (χ2n) is 3.72. The largest absolute Gasteiger partial charge is 0.304 e. The first-order valence-electron chi connectivity index (χ1n) is 5.24. The van der Waals surface area contributed by atoms with Crippen LogP contribution >= 0.6 is 49.9 Å². The van der Waals surface area contributed by atoms with E-state index in [-0.39, 0.29) is 0 Å². The van der Waals surface area contributed by atoms with Gasteiger partial charge >= 0.3 is 0 Å². The Hall–Kier alpha value is 0.0200. The van der Waals surface area contributed by atoms with Gasteiger partial charge in [0, 0.05) is 17.1 Å². The first-order chi connectivity index (χ1) is 8.15. The summed E-state index contributed by atoms with van der Waals surface area (Å²) < 4.78 is 2.35. The van der Waals surface area contributed by atoms with Crippen LogP contribution in [0.2, 0.25) is 0 Å². The lowest BCUT2D eigenvalue weighted by molar-refractivity contribution is 0.573. The number of hydrogen-bond acceptors (Lipinski definition) is 3. The maximum Gasteiger partial charge on any atom is 0.107 e. The number of nitrogens with zero attached hydrogens (tertiary/aromatic N) is 1. The van der Waals surface area contributed by atoms with Crippen LogP contribution < -0.4 is 5.32 Å². The van der Waals surface area contributed by atoms with Crippen LogP contribution in [0.15, 0.2) is 34.9 Å². The van der Waals surface area contributed by atoms with E-state index in [0.29, 0.717) is 6.04 Å². The van der Waals surface area contributed by atoms with Gasteiger partial charge in [0.1, 0.15) is 5.01 Å². The Balaban J connectivity index is 1.95. The van der Waals surface area contributed by atoms with E-state index in [1.807, 2.05) is 12.3 Å². The van der Waals surface area contributed by atoms with Gasteiger partial charge in [-0.25, -0.2) is 4.98 Å². The molecule has 1 aromatic carbocycles. The van der Waals surface area contributed by atoms with Crippen LogP contribution in [0.25, 0.3) is 0 Å². The van der Waals surface area contributed by atoms with E-state index >= 15 is 0 Å². The van der Waals surface area contributed by atoms with E-state index in [4.69, 9.17) is 0 Å². The summed E-state index contributed by atoms with van der Waals surface area (Å²) in [4.78, 5) is 4.34. The molecule has 0 radical (unpaired) electrons. The highest BCUT2D eigenvalue weighted by molar-refractivity contribution is 14.1. The van der Waals surface area contributed by atoms with Gasteiger partial charge in [0.25, 0.3) is 0 Å². The second kappa shape index (κ2) is 6.26. The summed E-state index contributed by atoms with van der Waals surface area (Å²) in [6.45, 7) is 2.99. The minimum absolute atomic E-state index is 0.328. The van der Waals surface area contributed by atoms with Gasteiger partial charge in [0.05, 0.1) is 9.08 Å². The van der Waals surface area contributed by atoms with Crippen molar-refractivity contribution in [1.29, 1.82) is 0 Å². The lowest BCUT2D eigenvalue weighted by Crippen LogP contribution is -2.17. The molecular formula is C12H12BrIN2S. The summed E-state index contributed by atoms with van der Waals surface area (Å²) in [6.07, 6.45) is 1.91. The summed E-state index contributed by atoms with van der Waals surface area (Å²) >= 11 is 7.52. The number of benzene rings is 1. The van der Waals surface area contributed by atoms with Gasteiger partial charge in [-0.05, 0) is 47.2 Å². The van der Waals surface area contributed by atoms with Crippen molar-refractivity contribution in [3.05, 3.63) is 48.4 Å². The highest BCUT2D eigenvalue weighted by Crippen LogP contribution is 2.19. The quantitative estimate of drug-likeness (QED) is 0.740. The van der Waals surface area contributed by atoms with Gasteiger partial charge < -0.3 is 5.32 Å². The summed E-state index contributed by atoms with van der Waals surface area (Å²) in [7, 11) is 0. The van der Waals surface area contributed by atoms with Crippen molar-refractivity contribution in [1.82, 2.24) is 10.3 Å². The second-order valence-corrected chi connectivity index (χ2v) is 7.64. The minimum Gasteiger partial charge on any atom is -0.304 e. The molecule has 0 saturated heterocycles. The number of aromatic nitrogens is 1. The molecule has 0 unspecified atom stereocenters. The van der Waals surface area contributed by atoms with Crippen LogP contribution in [0.5, 0.6) is 0 Å². The Bertz CT molecular complexity index is 501. The SMILES string of the molecule is C[C@@H](NCc1ncc(I)s1)c1cccc(Br)c1. The van der Waals surface area contributed by atoms with Crippen LogP contribution in [-0.2, 0) is 6.54 Å². The molecule has 17 heavy (non-hydrogen) atoms. The van der Waals surface area contributed by atoms with E-state index in [0.717, 1.165) is 16.0 Å². The Labute approximate surface area is 127 Å². The maximum absolute atomic E-state index is 4.34. The predicted molar refractivity (Wildman–Crippen MR) is 84.2 cm³/mol. The Kier molecular flexibility index (Phi) is 4.96. The molecule has 0 aliphatic heterocycles. The molecule has 0 saturated carbocycles. The first-order valence-corrected chi connectivity index (χ1v) is 7.93. The van der Waals surface area contributed by atoms with Crippen molar-refractivity contribution >= 4 is 49.9 Å². The molecule has 0 fully saturated rings. The predicted octanol–water partition coefficient (Wildman–Crippen LogP) is 4.36. The fourth-order valence-corrected chi connectivity index (χ4v) is 3.41. The van der Waals surface area contributed by atoms with Gasteiger partial charge in [-0.15, -0.1) is 11.3 Å². The molecule has 2 nitrogen and oxygen atoms in total. The molecule has 0 aliphatic carbocycles. The van der Waals surface area contributed by atoms with Crippen LogP contribution in [0.3, 0.4) is 0 Å². The number of thiazole rings is 1. The van der Waals surface area contributed by atoms with Crippen LogP contribution in [-0.4, -0.2) is 4.98 Å². The molecule has 5 heteroatoms. The van der Waals surface area contributed by atoms with E-state index in [1.165, 1.54) is 8.45 Å². The summed E-state index contributed by atoms with van der Waals surface area (Å²) in [6, 6.07) is 8.70. The van der Waals surface area contributed by atoms with Gasteiger partial charge in [-0.2, -0.15) is 0 Å². The fourth-order valence-electron chi connectivity index (χ4n) is 1.50. The third-order valence-electron chi connectivity index (χ3n) is 2.43. The molecule has 1 aromatic heterocycles. The summed E-state index contributed by atoms with van der Waals surface area (Å²) in [5, 5.41) is 4.61. The molecule has 1 N–H and O–H groups in total. The molecule has 0 bridgehead atoms. The highest BCUT2D eigenvalue weighted by atomic mass is 127. The first kappa shape index (κ1) is 13.5. The normalized spacial score (nSPS) is 12.6. The molecule has 90 valence electrons. The Morgan fingerprint density at radius 2 is 2.35 bits per heavy atom. The van der Waals surface area contributed by atoms with Gasteiger partial charge in [0.2, 0.25) is 0 Å². The van der Waals surface area contributed by atoms with Crippen molar-refractivity contribution in [2.75, 3.05) is 0 Å². The average molecular weight is 423 g/mol. The molecule has 2 rings (SSSR count). The lowest BCUT2D eigenvalue weighted by Gasteiger charge is -2.13. The number of rotatable bonds is 4. The highest BCUT2D eigenvalue weighted by Gasteiger charge is 2.06. The lowest BCUT2D eigenvalue weighted by atomic mass is 10.1. The number of hydrogen-bond donors (Lipinski definition) is 1. The third kappa shape index (κ3) is 4.01. The molecule has 0 spiro atoms. The van der Waals surface area contributed by atoms with Crippen molar-refractivity contribution in [3.63, 3.8) is 0 Å². The Morgan fingerprint density at radius 3 is 3.00 bits per heavy atom. The standard InChI is InChI=1S/C12H12BrIN2S/c1-8(9-3-2-4-10(13)5-9)15-7-12-16-6-11(14)17-12/h2-6,8,15H,7H2,1H3/t8-/m1/s1. The fraction of sp³-hybridized carbons (Fsp3) is 0.250. The molecular weight excluding hydrogens is 411 g/mol. The molecule has 1 heterocycles. The van der Waals surface area contributed by atoms with Crippen molar-refractivity contribution in [3.8, 4) is 0 Å². The zero-order valence-corrected chi connectivity index (χ0v) is 13.8. The summed E-state index contributed by atoms with van der Waals surface area (Å²) in [5.41, 5.74) is 1.28. The van der Waals surface area contributed by atoms with E-state index in [1.54, 1.807) is 11.3 Å². The van der Waals surface area contributed by atoms with Gasteiger partial charge in [-0.1, -0.05) is 28.1 Å². The zero-order valence-electron chi connectivity index (χ0n) is 9.28. The number of halogens is 2. The van der Waals surface area contributed by atoms with Crippen LogP contribution in [0, 0.1) is 2.88 Å². The van der Waals surface area contributed by atoms with E-state index in [2.05, 4.69) is 73.9 Å². The van der Waals surface area contributed by atoms with E-state index in [9.17, 15) is 0 Å². The van der Waals surface area contributed by atoms with Crippen molar-refractivity contribution in [2.45, 2.75) is 19.5 Å². The van der Waals surface area contributed by atoms with Crippen molar-refractivity contribution in [2.24, 2.45) is 0 Å². The molecule has 1 atom stereocenters. The Morgan fingerprint density at radius 1 is 1.53 bits per heavy atom. The average Bonchev–Trinajstić information content (AvgIpc) is 2.72. The summed E-state index contributed by atoms with van der Waals surface area (Å²) in [5.74, 6) is 0. The topological polar surface area (TPSA) is 24.9 Å². The molecule has 2 aromatic rings. The number of nitrogens with one attached hydrogen (secondary N) is 1. The third-order valence-corrected chi connectivity index (χ3v) is 4.65. The van der Waals surface area contributed by atoms with Gasteiger partial charge in [0.15, 0.2) is 0 Å². The molecule has 0 aliphatic rings. The van der Waals surface area contributed by atoms with Crippen molar-refractivity contribution < 1.29 is 0 Å². The minimum atomic E-state index is 0.328. The zero-order chi connectivity index (χ0) is 12.3. The van der Waals surface area contributed by atoms with Crippen LogP contribution in [0.1, 0.15) is 23.5 Å².